The molecule has 146 valence electrons. The molecule has 0 spiro atoms. The first-order chi connectivity index (χ1) is 14.0. The Hall–Kier alpha value is -3.74. The van der Waals surface area contributed by atoms with Gasteiger partial charge in [-0.1, -0.05) is 13.8 Å². The van der Waals surface area contributed by atoms with Gasteiger partial charge in [0.05, 0.1) is 11.0 Å². The first kappa shape index (κ1) is 18.6. The number of aromatic nitrogens is 4. The molecule has 7 nitrogen and oxygen atoms in total. The van der Waals surface area contributed by atoms with Crippen LogP contribution < -0.4 is 10.1 Å². The molecule has 0 aliphatic carbocycles. The van der Waals surface area contributed by atoms with Gasteiger partial charge in [0.25, 0.3) is 5.91 Å². The first-order valence-corrected chi connectivity index (χ1v) is 9.34. The number of aryl methyl sites for hydroxylation is 1. The van der Waals surface area contributed by atoms with Gasteiger partial charge in [-0.2, -0.15) is 0 Å². The molecule has 0 radical (unpaired) electrons. The second-order valence-electron chi connectivity index (χ2n) is 7.00. The molecule has 0 atom stereocenters. The van der Waals surface area contributed by atoms with E-state index in [1.807, 2.05) is 25.2 Å². The van der Waals surface area contributed by atoms with E-state index in [0.29, 0.717) is 22.9 Å². The highest BCUT2D eigenvalue weighted by Gasteiger charge is 2.13. The predicted octanol–water partition coefficient (Wildman–Crippen LogP) is 4.53. The van der Waals surface area contributed by atoms with Crippen molar-refractivity contribution in [3.63, 3.8) is 0 Å². The monoisotopic (exact) mass is 387 g/mol. The molecule has 0 saturated heterocycles. The van der Waals surface area contributed by atoms with Crippen LogP contribution in [-0.2, 0) is 7.05 Å². The topological polar surface area (TPSA) is 81.9 Å². The summed E-state index contributed by atoms with van der Waals surface area (Å²) < 4.78 is 7.63. The number of imidazole rings is 1. The molecule has 1 amide bonds. The van der Waals surface area contributed by atoms with Crippen molar-refractivity contribution in [2.75, 3.05) is 5.32 Å². The normalized spacial score (nSPS) is 11.0. The Morgan fingerprint density at radius 3 is 2.48 bits per heavy atom. The summed E-state index contributed by atoms with van der Waals surface area (Å²) in [6.07, 6.45) is 3.21. The summed E-state index contributed by atoms with van der Waals surface area (Å²) in [5, 5.41) is 2.92. The molecule has 0 fully saturated rings. The van der Waals surface area contributed by atoms with E-state index >= 15 is 0 Å². The summed E-state index contributed by atoms with van der Waals surface area (Å²) in [5.74, 6) is 1.70. The second kappa shape index (κ2) is 7.71. The van der Waals surface area contributed by atoms with E-state index in [1.54, 1.807) is 42.7 Å². The molecule has 2 aromatic heterocycles. The van der Waals surface area contributed by atoms with Gasteiger partial charge < -0.3 is 14.6 Å². The zero-order valence-electron chi connectivity index (χ0n) is 16.5. The van der Waals surface area contributed by atoms with Crippen molar-refractivity contribution in [3.8, 4) is 11.8 Å². The Morgan fingerprint density at radius 1 is 1.07 bits per heavy atom. The molecule has 29 heavy (non-hydrogen) atoms. The van der Waals surface area contributed by atoms with Crippen LogP contribution in [0.5, 0.6) is 11.8 Å². The number of rotatable bonds is 5. The maximum atomic E-state index is 12.6. The van der Waals surface area contributed by atoms with Gasteiger partial charge in [0.1, 0.15) is 11.6 Å². The predicted molar refractivity (Wildman–Crippen MR) is 111 cm³/mol. The lowest BCUT2D eigenvalue weighted by Crippen LogP contribution is -2.11. The number of hydrogen-bond acceptors (Lipinski definition) is 5. The van der Waals surface area contributed by atoms with Gasteiger partial charge in [-0.15, -0.1) is 0 Å². The van der Waals surface area contributed by atoms with Crippen molar-refractivity contribution in [3.05, 3.63) is 72.3 Å². The van der Waals surface area contributed by atoms with E-state index < -0.39 is 0 Å². The smallest absolute Gasteiger partial charge is 0.321 e. The minimum absolute atomic E-state index is 0.202. The van der Waals surface area contributed by atoms with Gasteiger partial charge in [0, 0.05) is 36.6 Å². The molecule has 2 aromatic carbocycles. The molecule has 4 aromatic rings. The average Bonchev–Trinajstić information content (AvgIpc) is 3.05. The maximum absolute atomic E-state index is 12.6. The number of ether oxygens (including phenoxy) is 1. The molecule has 2 heterocycles. The van der Waals surface area contributed by atoms with E-state index in [4.69, 9.17) is 4.74 Å². The molecular formula is C22H21N5O2. The fourth-order valence-electron chi connectivity index (χ4n) is 3.13. The van der Waals surface area contributed by atoms with Crippen LogP contribution in [0, 0.1) is 0 Å². The van der Waals surface area contributed by atoms with Crippen LogP contribution >= 0.6 is 0 Å². The highest BCUT2D eigenvalue weighted by atomic mass is 16.5. The van der Waals surface area contributed by atoms with Gasteiger partial charge in [-0.05, 0) is 48.5 Å². The van der Waals surface area contributed by atoms with Gasteiger partial charge in [0.2, 0.25) is 0 Å². The van der Waals surface area contributed by atoms with Crippen molar-refractivity contribution in [2.45, 2.75) is 19.8 Å². The molecule has 1 N–H and O–H groups in total. The minimum atomic E-state index is -0.202. The van der Waals surface area contributed by atoms with E-state index in [0.717, 1.165) is 16.9 Å². The van der Waals surface area contributed by atoms with E-state index in [2.05, 4.69) is 38.7 Å². The van der Waals surface area contributed by atoms with Crippen molar-refractivity contribution in [1.29, 1.82) is 0 Å². The quantitative estimate of drug-likeness (QED) is 0.544. The zero-order valence-corrected chi connectivity index (χ0v) is 16.5. The number of carbonyl (C=O) groups excluding carboxylic acids is 1. The number of fused-ring (bicyclic) bond motifs is 1. The van der Waals surface area contributed by atoms with Crippen LogP contribution in [0.1, 0.15) is 35.9 Å². The van der Waals surface area contributed by atoms with Gasteiger partial charge >= 0.3 is 6.01 Å². The summed E-state index contributed by atoms with van der Waals surface area (Å²) in [6, 6.07) is 14.5. The lowest BCUT2D eigenvalue weighted by atomic mass is 10.2. The average molecular weight is 387 g/mol. The number of nitrogens with zero attached hydrogens (tertiary/aromatic N) is 4. The number of hydrogen-bond donors (Lipinski definition) is 1. The van der Waals surface area contributed by atoms with E-state index in [9.17, 15) is 4.79 Å². The second-order valence-corrected chi connectivity index (χ2v) is 7.00. The standard InChI is InChI=1S/C22H21N5O2/c1-14(2)20-26-18-13-16(7-10-19(18)27(20)3)25-21(28)15-5-8-17(9-6-15)29-22-23-11-4-12-24-22/h4-14H,1-3H3,(H,25,28). The SMILES string of the molecule is CC(C)c1nc2cc(NC(=O)c3ccc(Oc4ncccn4)cc3)ccc2n1C. The molecular weight excluding hydrogens is 366 g/mol. The fourth-order valence-corrected chi connectivity index (χ4v) is 3.13. The molecule has 7 heteroatoms. The number of carbonyl (C=O) groups is 1. The Labute approximate surface area is 168 Å². The van der Waals surface area contributed by atoms with Gasteiger partial charge in [-0.3, -0.25) is 4.79 Å². The minimum Gasteiger partial charge on any atom is -0.424 e. The van der Waals surface area contributed by atoms with Gasteiger partial charge in [-0.25, -0.2) is 15.0 Å². The van der Waals surface area contributed by atoms with E-state index in [1.165, 1.54) is 0 Å². The number of anilines is 1. The largest absolute Gasteiger partial charge is 0.424 e. The summed E-state index contributed by atoms with van der Waals surface area (Å²) in [5.41, 5.74) is 3.13. The fraction of sp³-hybridized carbons (Fsp3) is 0.182. The van der Waals surface area contributed by atoms with Crippen LogP contribution in [0.4, 0.5) is 5.69 Å². The Bertz CT molecular complexity index is 1150. The number of nitrogens with one attached hydrogen (secondary N) is 1. The molecule has 4 rings (SSSR count). The Kier molecular flexibility index (Phi) is 4.95. The third-order valence-corrected chi connectivity index (χ3v) is 4.56. The van der Waals surface area contributed by atoms with Crippen LogP contribution in [0.3, 0.4) is 0 Å². The Morgan fingerprint density at radius 2 is 1.79 bits per heavy atom. The molecule has 0 saturated carbocycles. The molecule has 0 aliphatic rings. The van der Waals surface area contributed by atoms with E-state index in [-0.39, 0.29) is 11.9 Å². The summed E-state index contributed by atoms with van der Waals surface area (Å²) in [4.78, 5) is 25.3. The lowest BCUT2D eigenvalue weighted by Gasteiger charge is -2.07. The molecule has 0 bridgehead atoms. The molecule has 0 aliphatic heterocycles. The van der Waals surface area contributed by atoms with Crippen molar-refractivity contribution >= 4 is 22.6 Å². The third kappa shape index (κ3) is 3.94. The number of amides is 1. The summed E-state index contributed by atoms with van der Waals surface area (Å²) in [7, 11) is 2.01. The highest BCUT2D eigenvalue weighted by molar-refractivity contribution is 6.05. The summed E-state index contributed by atoms with van der Waals surface area (Å²) in [6.45, 7) is 4.22. The lowest BCUT2D eigenvalue weighted by molar-refractivity contribution is 0.102. The van der Waals surface area contributed by atoms with Crippen molar-refractivity contribution in [2.24, 2.45) is 7.05 Å². The van der Waals surface area contributed by atoms with Crippen molar-refractivity contribution < 1.29 is 9.53 Å². The zero-order chi connectivity index (χ0) is 20.4. The van der Waals surface area contributed by atoms with Crippen LogP contribution in [0.25, 0.3) is 11.0 Å². The first-order valence-electron chi connectivity index (χ1n) is 9.34. The van der Waals surface area contributed by atoms with Crippen LogP contribution in [0.2, 0.25) is 0 Å². The highest BCUT2D eigenvalue weighted by Crippen LogP contribution is 2.24. The summed E-state index contributed by atoms with van der Waals surface area (Å²) >= 11 is 0. The van der Waals surface area contributed by atoms with Crippen LogP contribution in [0.15, 0.2) is 60.9 Å². The Balaban J connectivity index is 1.48. The van der Waals surface area contributed by atoms with Crippen molar-refractivity contribution in [1.82, 2.24) is 19.5 Å². The number of benzene rings is 2. The maximum Gasteiger partial charge on any atom is 0.321 e. The third-order valence-electron chi connectivity index (χ3n) is 4.56. The molecule has 0 unspecified atom stereocenters. The van der Waals surface area contributed by atoms with Gasteiger partial charge in [0.15, 0.2) is 0 Å². The van der Waals surface area contributed by atoms with Crippen LogP contribution in [-0.4, -0.2) is 25.4 Å².